The molecule has 0 saturated heterocycles. The summed E-state index contributed by atoms with van der Waals surface area (Å²) in [6, 6.07) is 0.497. The van der Waals surface area contributed by atoms with Gasteiger partial charge >= 0.3 is 6.01 Å². The first-order valence-corrected chi connectivity index (χ1v) is 5.62. The van der Waals surface area contributed by atoms with Crippen LogP contribution in [-0.2, 0) is 11.3 Å². The number of hydrogen-bond donors (Lipinski definition) is 2. The number of rotatable bonds is 9. The standard InChI is InChI=1S/C10H20N4O2/c1-3-4-5-12-10-14-13-9(16-10)8-11-6-7-15-2/h11H,3-8H2,1-2H3,(H,12,14). The highest BCUT2D eigenvalue weighted by Crippen LogP contribution is 2.04. The molecule has 0 unspecified atom stereocenters. The lowest BCUT2D eigenvalue weighted by Crippen LogP contribution is -2.18. The summed E-state index contributed by atoms with van der Waals surface area (Å²) in [7, 11) is 1.67. The van der Waals surface area contributed by atoms with Crippen molar-refractivity contribution in [2.75, 3.05) is 32.1 Å². The van der Waals surface area contributed by atoms with E-state index in [1.165, 1.54) is 0 Å². The average molecular weight is 228 g/mol. The molecule has 0 radical (unpaired) electrons. The number of methoxy groups -OCH3 is 1. The van der Waals surface area contributed by atoms with Gasteiger partial charge in [-0.05, 0) is 6.42 Å². The van der Waals surface area contributed by atoms with E-state index in [-0.39, 0.29) is 0 Å². The highest BCUT2D eigenvalue weighted by molar-refractivity contribution is 5.16. The van der Waals surface area contributed by atoms with Crippen LogP contribution in [-0.4, -0.2) is 37.0 Å². The van der Waals surface area contributed by atoms with E-state index < -0.39 is 0 Å². The summed E-state index contributed by atoms with van der Waals surface area (Å²) in [6.07, 6.45) is 2.25. The minimum atomic E-state index is 0.497. The molecule has 2 N–H and O–H groups in total. The second-order valence-corrected chi connectivity index (χ2v) is 3.45. The summed E-state index contributed by atoms with van der Waals surface area (Å²) in [4.78, 5) is 0. The quantitative estimate of drug-likeness (QED) is 0.615. The predicted octanol–water partition coefficient (Wildman–Crippen LogP) is 1.02. The lowest BCUT2D eigenvalue weighted by atomic mass is 10.3. The van der Waals surface area contributed by atoms with Crippen molar-refractivity contribution in [2.24, 2.45) is 0 Å². The van der Waals surface area contributed by atoms with Crippen LogP contribution in [0.2, 0.25) is 0 Å². The van der Waals surface area contributed by atoms with Crippen molar-refractivity contribution in [1.29, 1.82) is 0 Å². The van der Waals surface area contributed by atoms with E-state index in [9.17, 15) is 0 Å². The van der Waals surface area contributed by atoms with Gasteiger partial charge in [0.1, 0.15) is 0 Å². The molecule has 92 valence electrons. The molecule has 0 aliphatic heterocycles. The molecule has 6 heteroatoms. The largest absolute Gasteiger partial charge is 0.407 e. The molecule has 16 heavy (non-hydrogen) atoms. The minimum absolute atomic E-state index is 0.497. The number of anilines is 1. The molecule has 1 rings (SSSR count). The van der Waals surface area contributed by atoms with Gasteiger partial charge in [-0.3, -0.25) is 0 Å². The summed E-state index contributed by atoms with van der Waals surface area (Å²) in [5, 5.41) is 14.0. The van der Waals surface area contributed by atoms with E-state index in [1.54, 1.807) is 7.11 Å². The third kappa shape index (κ3) is 5.09. The number of nitrogens with zero attached hydrogens (tertiary/aromatic N) is 2. The first-order chi connectivity index (χ1) is 7.86. The summed E-state index contributed by atoms with van der Waals surface area (Å²) in [5.74, 6) is 0.593. The third-order valence-corrected chi connectivity index (χ3v) is 2.03. The van der Waals surface area contributed by atoms with E-state index >= 15 is 0 Å². The van der Waals surface area contributed by atoms with Gasteiger partial charge in [0.15, 0.2) is 0 Å². The zero-order valence-corrected chi connectivity index (χ0v) is 9.95. The maximum absolute atomic E-state index is 5.37. The van der Waals surface area contributed by atoms with E-state index in [0.29, 0.717) is 25.1 Å². The summed E-state index contributed by atoms with van der Waals surface area (Å²) in [6.45, 7) is 5.04. The Labute approximate surface area is 95.8 Å². The van der Waals surface area contributed by atoms with E-state index in [1.807, 2.05) is 0 Å². The van der Waals surface area contributed by atoms with Gasteiger partial charge in [0.2, 0.25) is 5.89 Å². The number of unbranched alkanes of at least 4 members (excludes halogenated alkanes) is 1. The van der Waals surface area contributed by atoms with Gasteiger partial charge in [-0.25, -0.2) is 0 Å². The van der Waals surface area contributed by atoms with Crippen molar-refractivity contribution in [3.63, 3.8) is 0 Å². The van der Waals surface area contributed by atoms with Crippen molar-refractivity contribution >= 4 is 6.01 Å². The Kier molecular flexibility index (Phi) is 6.52. The number of hydrogen-bond acceptors (Lipinski definition) is 6. The molecule has 1 aromatic rings. The summed E-state index contributed by atoms with van der Waals surface area (Å²) in [5.41, 5.74) is 0. The molecule has 1 heterocycles. The molecule has 0 bridgehead atoms. The Bertz CT molecular complexity index is 278. The van der Waals surface area contributed by atoms with Crippen molar-refractivity contribution in [1.82, 2.24) is 15.5 Å². The zero-order chi connectivity index (χ0) is 11.6. The Morgan fingerprint density at radius 1 is 1.31 bits per heavy atom. The Morgan fingerprint density at radius 2 is 2.19 bits per heavy atom. The molecule has 0 amide bonds. The van der Waals surface area contributed by atoms with Crippen LogP contribution in [0.1, 0.15) is 25.7 Å². The average Bonchev–Trinajstić information content (AvgIpc) is 2.73. The van der Waals surface area contributed by atoms with Crippen LogP contribution in [0.25, 0.3) is 0 Å². The second kappa shape index (κ2) is 8.06. The Balaban J connectivity index is 2.17. The maximum atomic E-state index is 5.37. The highest BCUT2D eigenvalue weighted by atomic mass is 16.5. The smallest absolute Gasteiger partial charge is 0.315 e. The van der Waals surface area contributed by atoms with Gasteiger partial charge in [0.05, 0.1) is 13.2 Å². The molecule has 0 aromatic carbocycles. The zero-order valence-electron chi connectivity index (χ0n) is 9.95. The molecule has 1 aromatic heterocycles. The fourth-order valence-corrected chi connectivity index (χ4v) is 1.14. The molecular weight excluding hydrogens is 208 g/mol. The molecule has 0 aliphatic carbocycles. The molecule has 0 spiro atoms. The van der Waals surface area contributed by atoms with Crippen LogP contribution < -0.4 is 10.6 Å². The molecule has 0 atom stereocenters. The summed E-state index contributed by atoms with van der Waals surface area (Å²) >= 11 is 0. The fraction of sp³-hybridized carbons (Fsp3) is 0.800. The Hall–Kier alpha value is -1.14. The van der Waals surface area contributed by atoms with Gasteiger partial charge in [-0.1, -0.05) is 18.4 Å². The SMILES string of the molecule is CCCCNc1nnc(CNCCOC)o1. The van der Waals surface area contributed by atoms with E-state index in [0.717, 1.165) is 25.9 Å². The van der Waals surface area contributed by atoms with Crippen LogP contribution in [0.5, 0.6) is 0 Å². The van der Waals surface area contributed by atoms with Crippen molar-refractivity contribution in [3.05, 3.63) is 5.89 Å². The monoisotopic (exact) mass is 228 g/mol. The third-order valence-electron chi connectivity index (χ3n) is 2.03. The van der Waals surface area contributed by atoms with Crippen LogP contribution in [0.15, 0.2) is 4.42 Å². The number of aromatic nitrogens is 2. The van der Waals surface area contributed by atoms with Gasteiger partial charge < -0.3 is 19.8 Å². The highest BCUT2D eigenvalue weighted by Gasteiger charge is 2.03. The first-order valence-electron chi connectivity index (χ1n) is 5.62. The van der Waals surface area contributed by atoms with Gasteiger partial charge in [0, 0.05) is 20.2 Å². The second-order valence-electron chi connectivity index (χ2n) is 3.45. The lowest BCUT2D eigenvalue weighted by Gasteiger charge is -1.99. The molecular formula is C10H20N4O2. The normalized spacial score (nSPS) is 10.6. The molecule has 0 aliphatic rings. The lowest BCUT2D eigenvalue weighted by molar-refractivity contribution is 0.198. The number of nitrogens with one attached hydrogen (secondary N) is 2. The predicted molar refractivity (Wildman–Crippen MR) is 61.3 cm³/mol. The topological polar surface area (TPSA) is 72.2 Å². The minimum Gasteiger partial charge on any atom is -0.407 e. The van der Waals surface area contributed by atoms with Crippen LogP contribution in [0.4, 0.5) is 6.01 Å². The molecule has 0 saturated carbocycles. The Morgan fingerprint density at radius 3 is 2.94 bits per heavy atom. The van der Waals surface area contributed by atoms with Gasteiger partial charge in [0.25, 0.3) is 0 Å². The van der Waals surface area contributed by atoms with Crippen LogP contribution in [0.3, 0.4) is 0 Å². The van der Waals surface area contributed by atoms with Crippen molar-refractivity contribution < 1.29 is 9.15 Å². The van der Waals surface area contributed by atoms with E-state index in [4.69, 9.17) is 9.15 Å². The van der Waals surface area contributed by atoms with Gasteiger partial charge in [-0.15, -0.1) is 5.10 Å². The fourth-order valence-electron chi connectivity index (χ4n) is 1.14. The van der Waals surface area contributed by atoms with Crippen molar-refractivity contribution in [3.8, 4) is 0 Å². The van der Waals surface area contributed by atoms with Crippen molar-refractivity contribution in [2.45, 2.75) is 26.3 Å². The van der Waals surface area contributed by atoms with E-state index in [2.05, 4.69) is 27.8 Å². The van der Waals surface area contributed by atoms with Crippen LogP contribution in [0, 0.1) is 0 Å². The number of ether oxygens (including phenoxy) is 1. The molecule has 6 nitrogen and oxygen atoms in total. The van der Waals surface area contributed by atoms with Crippen LogP contribution >= 0.6 is 0 Å². The van der Waals surface area contributed by atoms with Gasteiger partial charge in [-0.2, -0.15) is 0 Å². The molecule has 0 fully saturated rings. The summed E-state index contributed by atoms with van der Waals surface area (Å²) < 4.78 is 10.3. The maximum Gasteiger partial charge on any atom is 0.315 e. The first kappa shape index (κ1) is 12.9.